The van der Waals surface area contributed by atoms with Crippen LogP contribution in [0.2, 0.25) is 0 Å². The van der Waals surface area contributed by atoms with Gasteiger partial charge in [-0.05, 0) is 6.92 Å². The van der Waals surface area contributed by atoms with Crippen molar-refractivity contribution < 1.29 is 31.1 Å². The third-order valence-corrected chi connectivity index (χ3v) is 3.70. The minimum absolute atomic E-state index is 0.00168. The Bertz CT molecular complexity index is 569. The summed E-state index contributed by atoms with van der Waals surface area (Å²) in [5, 5.41) is 2.32. The Morgan fingerprint density at radius 3 is 2.67 bits per heavy atom. The molecule has 0 bridgehead atoms. The fourth-order valence-corrected chi connectivity index (χ4v) is 2.18. The maximum Gasteiger partial charge on any atom is 0.411 e. The summed E-state index contributed by atoms with van der Waals surface area (Å²) in [6, 6.07) is 0. The van der Waals surface area contributed by atoms with E-state index >= 15 is 0 Å². The van der Waals surface area contributed by atoms with Crippen molar-refractivity contribution >= 4 is 21.8 Å². The number of amides is 1. The van der Waals surface area contributed by atoms with Gasteiger partial charge in [0.1, 0.15) is 6.61 Å². The number of hydrogen-bond acceptors (Lipinski definition) is 4. The van der Waals surface area contributed by atoms with Gasteiger partial charge in [0, 0.05) is 19.8 Å². The van der Waals surface area contributed by atoms with Crippen LogP contribution in [0.15, 0.2) is 16.2 Å². The largest absolute Gasteiger partial charge is 0.411 e. The number of ether oxygens (including phenoxy) is 1. The van der Waals surface area contributed by atoms with Crippen molar-refractivity contribution in [3.05, 3.63) is 11.8 Å². The van der Waals surface area contributed by atoms with Gasteiger partial charge in [-0.1, -0.05) is 0 Å². The molecule has 1 N–H and O–H groups in total. The lowest BCUT2D eigenvalue weighted by Crippen LogP contribution is -2.35. The van der Waals surface area contributed by atoms with E-state index in [1.54, 1.807) is 0 Å². The van der Waals surface area contributed by atoms with Crippen LogP contribution in [0, 0.1) is 0 Å². The molecule has 1 heterocycles. The van der Waals surface area contributed by atoms with Crippen LogP contribution >= 0.6 is 0 Å². The smallest absolute Gasteiger partial charge is 0.370 e. The van der Waals surface area contributed by atoms with Gasteiger partial charge in [-0.2, -0.15) is 21.6 Å². The van der Waals surface area contributed by atoms with Crippen molar-refractivity contribution in [2.75, 3.05) is 26.8 Å². The normalized spacial score (nSPS) is 18.0. The Labute approximate surface area is 119 Å². The first-order valence-corrected chi connectivity index (χ1v) is 7.12. The molecule has 0 spiro atoms. The summed E-state index contributed by atoms with van der Waals surface area (Å²) in [4.78, 5) is 11.8. The highest BCUT2D eigenvalue weighted by Gasteiger charge is 2.27. The average molecular weight is 329 g/mol. The summed E-state index contributed by atoms with van der Waals surface area (Å²) in [6.07, 6.45) is -3.33. The molecule has 21 heavy (non-hydrogen) atoms. The van der Waals surface area contributed by atoms with E-state index in [0.29, 0.717) is 0 Å². The molecule has 0 saturated carbocycles. The van der Waals surface area contributed by atoms with Crippen molar-refractivity contribution in [2.45, 2.75) is 13.1 Å². The molecule has 1 rings (SSSR count). The second kappa shape index (κ2) is 6.43. The van der Waals surface area contributed by atoms with E-state index in [1.807, 2.05) is 0 Å². The highest BCUT2D eigenvalue weighted by atomic mass is 32.2. The van der Waals surface area contributed by atoms with Gasteiger partial charge in [0.25, 0.3) is 5.91 Å². The molecule has 1 amide bonds. The van der Waals surface area contributed by atoms with Gasteiger partial charge in [-0.15, -0.1) is 4.40 Å². The van der Waals surface area contributed by atoms with Crippen LogP contribution in [0.4, 0.5) is 13.2 Å². The Balaban J connectivity index is 2.49. The number of hydrogen-bond donors (Lipinski definition) is 1. The minimum Gasteiger partial charge on any atom is -0.370 e. The zero-order valence-electron chi connectivity index (χ0n) is 11.3. The van der Waals surface area contributed by atoms with Gasteiger partial charge in [0.2, 0.25) is 0 Å². The second-order valence-electron chi connectivity index (χ2n) is 4.14. The molecule has 0 aromatic rings. The van der Waals surface area contributed by atoms with Gasteiger partial charge in [0.15, 0.2) is 0 Å². The molecule has 7 nitrogen and oxygen atoms in total. The van der Waals surface area contributed by atoms with Crippen molar-refractivity contribution in [1.82, 2.24) is 9.62 Å². The number of nitrogens with one attached hydrogen (secondary N) is 1. The Morgan fingerprint density at radius 1 is 1.48 bits per heavy atom. The molecule has 0 radical (unpaired) electrons. The van der Waals surface area contributed by atoms with Crippen LogP contribution < -0.4 is 5.32 Å². The van der Waals surface area contributed by atoms with Crippen LogP contribution in [0.5, 0.6) is 0 Å². The number of halogens is 3. The zero-order valence-corrected chi connectivity index (χ0v) is 12.1. The van der Waals surface area contributed by atoms with Crippen LogP contribution in [0.1, 0.15) is 6.92 Å². The molecule has 0 aliphatic carbocycles. The van der Waals surface area contributed by atoms with E-state index in [-0.39, 0.29) is 24.4 Å². The molecule has 0 aromatic heterocycles. The molecular weight excluding hydrogens is 315 g/mol. The highest BCUT2D eigenvalue weighted by molar-refractivity contribution is 7.88. The number of rotatable bonds is 5. The Morgan fingerprint density at radius 2 is 2.10 bits per heavy atom. The van der Waals surface area contributed by atoms with E-state index in [1.165, 1.54) is 14.0 Å². The maximum atomic E-state index is 11.8. The van der Waals surface area contributed by atoms with Gasteiger partial charge in [-0.3, -0.25) is 9.10 Å². The lowest BCUT2D eigenvalue weighted by Gasteiger charge is -2.19. The fraction of sp³-hybridized carbons (Fsp3) is 0.600. The highest BCUT2D eigenvalue weighted by Crippen LogP contribution is 2.15. The summed E-state index contributed by atoms with van der Waals surface area (Å²) < 4.78 is 66.7. The van der Waals surface area contributed by atoms with Gasteiger partial charge >= 0.3 is 16.4 Å². The number of carbonyl (C=O) groups is 1. The van der Waals surface area contributed by atoms with Crippen LogP contribution in [-0.4, -0.2) is 57.3 Å². The van der Waals surface area contributed by atoms with Crippen LogP contribution in [0.3, 0.4) is 0 Å². The summed E-state index contributed by atoms with van der Waals surface area (Å²) in [5.41, 5.74) is 0.0185. The summed E-state index contributed by atoms with van der Waals surface area (Å²) in [5.74, 6) is -0.645. The van der Waals surface area contributed by atoms with E-state index in [0.717, 1.165) is 10.5 Å². The van der Waals surface area contributed by atoms with E-state index in [9.17, 15) is 26.4 Å². The first kappa shape index (κ1) is 17.4. The molecule has 0 atom stereocenters. The third-order valence-electron chi connectivity index (χ3n) is 2.36. The maximum absolute atomic E-state index is 11.8. The molecule has 120 valence electrons. The zero-order chi connectivity index (χ0) is 16.3. The first-order valence-electron chi connectivity index (χ1n) is 5.72. The summed E-state index contributed by atoms with van der Waals surface area (Å²) >= 11 is 0. The molecule has 1 aliphatic heterocycles. The molecule has 11 heteroatoms. The van der Waals surface area contributed by atoms with Gasteiger partial charge in [0.05, 0.1) is 17.9 Å². The fourth-order valence-electron chi connectivity index (χ4n) is 1.37. The molecule has 0 unspecified atom stereocenters. The quantitative estimate of drug-likeness (QED) is 0.731. The lowest BCUT2D eigenvalue weighted by atomic mass is 10.2. The second-order valence-corrected chi connectivity index (χ2v) is 5.79. The SMILES string of the molecule is CC1=NS(=O)(=O)N(C)C=C1C(=O)NCCOCC(F)(F)F. The van der Waals surface area contributed by atoms with Crippen molar-refractivity contribution in [2.24, 2.45) is 4.40 Å². The minimum atomic E-state index is -4.42. The molecule has 1 aliphatic rings. The molecule has 0 aromatic carbocycles. The van der Waals surface area contributed by atoms with E-state index in [2.05, 4.69) is 14.5 Å². The lowest BCUT2D eigenvalue weighted by molar-refractivity contribution is -0.173. The monoisotopic (exact) mass is 329 g/mol. The van der Waals surface area contributed by atoms with E-state index in [4.69, 9.17) is 0 Å². The van der Waals surface area contributed by atoms with Crippen molar-refractivity contribution in [3.63, 3.8) is 0 Å². The predicted octanol–water partition coefficient (Wildman–Crippen LogP) is 0.217. The Hall–Kier alpha value is -1.62. The number of alkyl halides is 3. The first-order chi connectivity index (χ1) is 9.53. The van der Waals surface area contributed by atoms with Gasteiger partial charge < -0.3 is 10.1 Å². The Kier molecular flexibility index (Phi) is 5.34. The standard InChI is InChI=1S/C10H14F3N3O4S/c1-7-8(5-16(2)21(18,19)15-7)9(17)14-3-4-20-6-10(11,12)13/h5H,3-4,6H2,1-2H3,(H,14,17). The molecule has 0 saturated heterocycles. The third kappa shape index (κ3) is 5.34. The number of nitrogens with zero attached hydrogens (tertiary/aromatic N) is 2. The van der Waals surface area contributed by atoms with Crippen molar-refractivity contribution in [1.29, 1.82) is 0 Å². The topological polar surface area (TPSA) is 88.1 Å². The summed E-state index contributed by atoms with van der Waals surface area (Å²) in [6.45, 7) is -0.512. The number of carbonyl (C=O) groups excluding carboxylic acids is 1. The van der Waals surface area contributed by atoms with Crippen LogP contribution in [-0.2, 0) is 19.7 Å². The molecule has 0 fully saturated rings. The van der Waals surface area contributed by atoms with E-state index < -0.39 is 28.9 Å². The molecular formula is C10H14F3N3O4S. The summed E-state index contributed by atoms with van der Waals surface area (Å²) in [7, 11) is -2.59. The van der Waals surface area contributed by atoms with Crippen molar-refractivity contribution in [3.8, 4) is 0 Å². The predicted molar refractivity (Wildman–Crippen MR) is 67.8 cm³/mol. The van der Waals surface area contributed by atoms with Gasteiger partial charge in [-0.25, -0.2) is 0 Å². The average Bonchev–Trinajstić information content (AvgIpc) is 2.31. The van der Waals surface area contributed by atoms with Crippen LogP contribution in [0.25, 0.3) is 0 Å².